The molecular formula is C18H18N2O4. The molecule has 24 heavy (non-hydrogen) atoms. The standard InChI is InChI=1S/C18H18N2O4/c1-18(2,3)13-8-6-12(7-9-13)14(21)11-20-17(22)24-16(19-20)15-5-4-10-23-15/h4-10H,11H2,1-3H3. The van der Waals surface area contributed by atoms with Gasteiger partial charge in [0.15, 0.2) is 11.5 Å². The molecule has 0 unspecified atom stereocenters. The maximum Gasteiger partial charge on any atom is 0.437 e. The van der Waals surface area contributed by atoms with E-state index in [0.717, 1.165) is 10.2 Å². The van der Waals surface area contributed by atoms with Crippen molar-refractivity contribution in [3.63, 3.8) is 0 Å². The van der Waals surface area contributed by atoms with Crippen LogP contribution in [0.3, 0.4) is 0 Å². The molecule has 0 atom stereocenters. The number of benzene rings is 1. The Hall–Kier alpha value is -2.89. The SMILES string of the molecule is CC(C)(C)c1ccc(C(=O)Cn2nc(-c3ccco3)oc2=O)cc1. The van der Waals surface area contributed by atoms with Crippen LogP contribution >= 0.6 is 0 Å². The molecule has 0 amide bonds. The lowest BCUT2D eigenvalue weighted by Crippen LogP contribution is -2.21. The zero-order valence-electron chi connectivity index (χ0n) is 13.8. The van der Waals surface area contributed by atoms with Crippen molar-refractivity contribution in [1.82, 2.24) is 9.78 Å². The third kappa shape index (κ3) is 3.22. The van der Waals surface area contributed by atoms with Gasteiger partial charge in [0.2, 0.25) is 0 Å². The van der Waals surface area contributed by atoms with E-state index < -0.39 is 5.76 Å². The summed E-state index contributed by atoms with van der Waals surface area (Å²) in [5, 5.41) is 4.00. The summed E-state index contributed by atoms with van der Waals surface area (Å²) in [5.74, 6) is -0.508. The third-order valence-electron chi connectivity index (χ3n) is 3.70. The normalized spacial score (nSPS) is 11.6. The van der Waals surface area contributed by atoms with Crippen LogP contribution in [0.25, 0.3) is 11.7 Å². The lowest BCUT2D eigenvalue weighted by molar-refractivity contribution is 0.0965. The largest absolute Gasteiger partial charge is 0.459 e. The fourth-order valence-electron chi connectivity index (χ4n) is 2.29. The van der Waals surface area contributed by atoms with Crippen LogP contribution in [0.4, 0.5) is 0 Å². The van der Waals surface area contributed by atoms with E-state index in [4.69, 9.17) is 8.83 Å². The number of carbonyl (C=O) groups excluding carboxylic acids is 1. The third-order valence-corrected chi connectivity index (χ3v) is 3.70. The number of aromatic nitrogens is 2. The lowest BCUT2D eigenvalue weighted by Gasteiger charge is -2.18. The van der Waals surface area contributed by atoms with Gasteiger partial charge in [0, 0.05) is 5.56 Å². The molecule has 3 rings (SSSR count). The van der Waals surface area contributed by atoms with Gasteiger partial charge in [-0.25, -0.2) is 4.79 Å². The van der Waals surface area contributed by atoms with Crippen molar-refractivity contribution in [2.24, 2.45) is 0 Å². The van der Waals surface area contributed by atoms with Gasteiger partial charge < -0.3 is 8.83 Å². The summed E-state index contributed by atoms with van der Waals surface area (Å²) < 4.78 is 11.1. The average molecular weight is 326 g/mol. The van der Waals surface area contributed by atoms with Crippen LogP contribution in [0.2, 0.25) is 0 Å². The molecule has 0 saturated carbocycles. The molecule has 0 aliphatic rings. The van der Waals surface area contributed by atoms with Crippen molar-refractivity contribution in [1.29, 1.82) is 0 Å². The van der Waals surface area contributed by atoms with E-state index in [2.05, 4.69) is 25.9 Å². The Morgan fingerprint density at radius 2 is 1.88 bits per heavy atom. The summed E-state index contributed by atoms with van der Waals surface area (Å²) in [6.45, 7) is 6.14. The fraction of sp³-hybridized carbons (Fsp3) is 0.278. The number of Topliss-reactive ketones (excluding diaryl/α,β-unsaturated/α-hetero) is 1. The second kappa shape index (κ2) is 5.96. The number of ketones is 1. The van der Waals surface area contributed by atoms with Gasteiger partial charge in [0.1, 0.15) is 6.54 Å². The topological polar surface area (TPSA) is 78.2 Å². The van der Waals surface area contributed by atoms with E-state index in [1.807, 2.05) is 12.1 Å². The molecular weight excluding hydrogens is 308 g/mol. The van der Waals surface area contributed by atoms with Crippen LogP contribution < -0.4 is 5.76 Å². The van der Waals surface area contributed by atoms with Crippen LogP contribution in [0.5, 0.6) is 0 Å². The highest BCUT2D eigenvalue weighted by atomic mass is 16.4. The Morgan fingerprint density at radius 3 is 2.46 bits per heavy atom. The minimum Gasteiger partial charge on any atom is -0.459 e. The van der Waals surface area contributed by atoms with Gasteiger partial charge in [-0.1, -0.05) is 45.0 Å². The van der Waals surface area contributed by atoms with Crippen molar-refractivity contribution in [3.8, 4) is 11.7 Å². The maximum atomic E-state index is 12.4. The highest BCUT2D eigenvalue weighted by Crippen LogP contribution is 2.22. The number of rotatable bonds is 4. The predicted octanol–water partition coefficient (Wildman–Crippen LogP) is 3.28. The summed E-state index contributed by atoms with van der Waals surface area (Å²) in [6.07, 6.45) is 1.45. The molecule has 6 nitrogen and oxygen atoms in total. The first-order chi connectivity index (χ1) is 11.3. The molecule has 0 spiro atoms. The predicted molar refractivity (Wildman–Crippen MR) is 87.9 cm³/mol. The first-order valence-corrected chi connectivity index (χ1v) is 7.60. The zero-order valence-corrected chi connectivity index (χ0v) is 13.8. The summed E-state index contributed by atoms with van der Waals surface area (Å²) in [4.78, 5) is 24.2. The highest BCUT2D eigenvalue weighted by molar-refractivity contribution is 5.95. The van der Waals surface area contributed by atoms with Gasteiger partial charge in [-0.3, -0.25) is 4.79 Å². The second-order valence-corrected chi connectivity index (χ2v) is 6.56. The van der Waals surface area contributed by atoms with E-state index in [1.54, 1.807) is 24.3 Å². The van der Waals surface area contributed by atoms with Crippen LogP contribution in [-0.2, 0) is 12.0 Å². The van der Waals surface area contributed by atoms with Crippen molar-refractivity contribution in [3.05, 3.63) is 64.3 Å². The molecule has 0 aliphatic carbocycles. The summed E-state index contributed by atoms with van der Waals surface area (Å²) in [5.41, 5.74) is 1.68. The number of hydrogen-bond acceptors (Lipinski definition) is 5. The van der Waals surface area contributed by atoms with E-state index in [1.165, 1.54) is 6.26 Å². The molecule has 0 saturated heterocycles. The summed E-state index contributed by atoms with van der Waals surface area (Å²) >= 11 is 0. The van der Waals surface area contributed by atoms with Crippen LogP contribution in [0, 0.1) is 0 Å². The first-order valence-electron chi connectivity index (χ1n) is 7.60. The molecule has 1 aromatic carbocycles. The Balaban J connectivity index is 1.79. The Kier molecular flexibility index (Phi) is 3.97. The Morgan fingerprint density at radius 1 is 1.17 bits per heavy atom. The first kappa shape index (κ1) is 16.0. The van der Waals surface area contributed by atoms with Gasteiger partial charge >= 0.3 is 5.76 Å². The highest BCUT2D eigenvalue weighted by Gasteiger charge is 2.17. The summed E-state index contributed by atoms with van der Waals surface area (Å²) in [6, 6.07) is 10.7. The smallest absolute Gasteiger partial charge is 0.437 e. The molecule has 0 N–H and O–H groups in total. The van der Waals surface area contributed by atoms with Crippen molar-refractivity contribution in [2.75, 3.05) is 0 Å². The molecule has 0 bridgehead atoms. The molecule has 0 radical (unpaired) electrons. The maximum absolute atomic E-state index is 12.4. The molecule has 3 aromatic rings. The van der Waals surface area contributed by atoms with E-state index in [-0.39, 0.29) is 23.6 Å². The van der Waals surface area contributed by atoms with Gasteiger partial charge in [0.25, 0.3) is 5.89 Å². The quantitative estimate of drug-likeness (QED) is 0.688. The second-order valence-electron chi connectivity index (χ2n) is 6.56. The van der Waals surface area contributed by atoms with E-state index in [9.17, 15) is 9.59 Å². The van der Waals surface area contributed by atoms with E-state index in [0.29, 0.717) is 11.3 Å². The average Bonchev–Trinajstić information content (AvgIpc) is 3.17. The number of furan rings is 1. The summed E-state index contributed by atoms with van der Waals surface area (Å²) in [7, 11) is 0. The molecule has 124 valence electrons. The number of carbonyl (C=O) groups is 1. The Bertz CT molecular complexity index is 894. The van der Waals surface area contributed by atoms with Gasteiger partial charge in [-0.05, 0) is 23.1 Å². The van der Waals surface area contributed by atoms with Crippen LogP contribution in [0.15, 0.2) is 56.3 Å². The van der Waals surface area contributed by atoms with Gasteiger partial charge in [0.05, 0.1) is 6.26 Å². The van der Waals surface area contributed by atoms with Crippen LogP contribution in [0.1, 0.15) is 36.7 Å². The van der Waals surface area contributed by atoms with Crippen LogP contribution in [-0.4, -0.2) is 15.6 Å². The van der Waals surface area contributed by atoms with Gasteiger partial charge in [-0.15, -0.1) is 5.10 Å². The minimum atomic E-state index is -0.693. The zero-order chi connectivity index (χ0) is 17.3. The molecule has 2 aromatic heterocycles. The van der Waals surface area contributed by atoms with Gasteiger partial charge in [-0.2, -0.15) is 4.68 Å². The number of nitrogens with zero attached hydrogens (tertiary/aromatic N) is 2. The van der Waals surface area contributed by atoms with Crippen molar-refractivity contribution >= 4 is 5.78 Å². The van der Waals surface area contributed by atoms with Crippen molar-refractivity contribution in [2.45, 2.75) is 32.7 Å². The molecule has 0 aliphatic heterocycles. The fourth-order valence-corrected chi connectivity index (χ4v) is 2.29. The number of hydrogen-bond donors (Lipinski definition) is 0. The monoisotopic (exact) mass is 326 g/mol. The van der Waals surface area contributed by atoms with Crippen molar-refractivity contribution < 1.29 is 13.6 Å². The Labute approximate surface area is 138 Å². The molecule has 0 fully saturated rings. The molecule has 2 heterocycles. The van der Waals surface area contributed by atoms with E-state index >= 15 is 0 Å². The molecule has 6 heteroatoms. The minimum absolute atomic E-state index is 0.0164. The lowest BCUT2D eigenvalue weighted by atomic mass is 9.86.